The fourth-order valence-corrected chi connectivity index (χ4v) is 2.59. The molecule has 0 aliphatic heterocycles. The molecule has 0 saturated heterocycles. The van der Waals surface area contributed by atoms with Crippen LogP contribution in [0.4, 0.5) is 4.79 Å². The number of benzene rings is 2. The smallest absolute Gasteiger partial charge is 0.408 e. The average Bonchev–Trinajstić information content (AvgIpc) is 2.72. The largest absolute Gasteiger partial charge is 0.445 e. The van der Waals surface area contributed by atoms with E-state index in [0.717, 1.165) is 11.1 Å². The number of amides is 3. The molecule has 3 amide bonds. The van der Waals surface area contributed by atoms with E-state index >= 15 is 0 Å². The Balaban J connectivity index is 1.82. The lowest BCUT2D eigenvalue weighted by Crippen LogP contribution is -2.45. The zero-order chi connectivity index (χ0) is 20.5. The predicted octanol–water partition coefficient (Wildman–Crippen LogP) is 2.32. The van der Waals surface area contributed by atoms with Gasteiger partial charge in [0.2, 0.25) is 5.91 Å². The molecule has 0 bridgehead atoms. The van der Waals surface area contributed by atoms with Gasteiger partial charge in [-0.2, -0.15) is 0 Å². The Morgan fingerprint density at radius 3 is 2.25 bits per heavy atom. The molecule has 2 aromatic carbocycles. The second-order valence-corrected chi connectivity index (χ2v) is 6.40. The minimum absolute atomic E-state index is 0.140. The summed E-state index contributed by atoms with van der Waals surface area (Å²) < 4.78 is 5.13. The monoisotopic (exact) mass is 383 g/mol. The van der Waals surface area contributed by atoms with Crippen molar-refractivity contribution < 1.29 is 19.1 Å². The highest BCUT2D eigenvalue weighted by Gasteiger charge is 2.20. The van der Waals surface area contributed by atoms with Crippen molar-refractivity contribution in [2.45, 2.75) is 26.1 Å². The molecule has 2 rings (SSSR count). The molecule has 0 aliphatic carbocycles. The summed E-state index contributed by atoms with van der Waals surface area (Å²) in [5.74, 6) is -0.408. The van der Waals surface area contributed by atoms with Crippen LogP contribution >= 0.6 is 0 Å². The van der Waals surface area contributed by atoms with Crippen LogP contribution in [0.15, 0.2) is 54.6 Å². The van der Waals surface area contributed by atoms with Crippen LogP contribution in [0, 0.1) is 0 Å². The highest BCUT2D eigenvalue weighted by Crippen LogP contribution is 2.08. The number of likely N-dealkylation sites (N-methyl/N-ethyl adjacent to an activating group) is 1. The van der Waals surface area contributed by atoms with E-state index in [2.05, 4.69) is 10.6 Å². The van der Waals surface area contributed by atoms with Crippen LogP contribution < -0.4 is 10.6 Å². The summed E-state index contributed by atoms with van der Waals surface area (Å²) in [6.45, 7) is 2.11. The lowest BCUT2D eigenvalue weighted by molar-refractivity contribution is -0.132. The number of rotatable bonds is 7. The molecule has 7 nitrogen and oxygen atoms in total. The van der Waals surface area contributed by atoms with Crippen molar-refractivity contribution in [3.8, 4) is 0 Å². The molecule has 0 radical (unpaired) electrons. The van der Waals surface area contributed by atoms with Gasteiger partial charge in [-0.15, -0.1) is 0 Å². The summed E-state index contributed by atoms with van der Waals surface area (Å²) in [4.78, 5) is 37.4. The SMILES string of the molecule is CNC(=O)c1ccc(CN(C)C(=O)[C@H](C)NC(=O)OCc2ccccc2)cc1. The topological polar surface area (TPSA) is 87.7 Å². The summed E-state index contributed by atoms with van der Waals surface area (Å²) in [7, 11) is 3.23. The van der Waals surface area contributed by atoms with Gasteiger partial charge in [-0.3, -0.25) is 9.59 Å². The molecule has 0 saturated carbocycles. The Morgan fingerprint density at radius 2 is 1.64 bits per heavy atom. The minimum atomic E-state index is -0.724. The van der Waals surface area contributed by atoms with Crippen molar-refractivity contribution in [3.05, 3.63) is 71.3 Å². The number of carbonyl (C=O) groups is 3. The maximum Gasteiger partial charge on any atom is 0.408 e. The molecule has 148 valence electrons. The van der Waals surface area contributed by atoms with Gasteiger partial charge < -0.3 is 20.3 Å². The van der Waals surface area contributed by atoms with Crippen molar-refractivity contribution in [2.75, 3.05) is 14.1 Å². The van der Waals surface area contributed by atoms with Crippen molar-refractivity contribution in [1.82, 2.24) is 15.5 Å². The highest BCUT2D eigenvalue weighted by molar-refractivity contribution is 5.94. The normalized spacial score (nSPS) is 11.2. The fraction of sp³-hybridized carbons (Fsp3) is 0.286. The van der Waals surface area contributed by atoms with E-state index in [1.165, 1.54) is 4.90 Å². The Labute approximate surface area is 164 Å². The van der Waals surface area contributed by atoms with Gasteiger partial charge in [0.25, 0.3) is 5.91 Å². The van der Waals surface area contributed by atoms with E-state index in [1.54, 1.807) is 45.3 Å². The van der Waals surface area contributed by atoms with Crippen LogP contribution in [0.2, 0.25) is 0 Å². The quantitative estimate of drug-likeness (QED) is 0.768. The first kappa shape index (κ1) is 21.0. The Hall–Kier alpha value is -3.35. The molecule has 2 N–H and O–H groups in total. The number of ether oxygens (including phenoxy) is 1. The Kier molecular flexibility index (Phi) is 7.56. The van der Waals surface area contributed by atoms with Crippen molar-refractivity contribution in [2.24, 2.45) is 0 Å². The van der Waals surface area contributed by atoms with E-state index in [1.807, 2.05) is 30.3 Å². The molecule has 28 heavy (non-hydrogen) atoms. The lowest BCUT2D eigenvalue weighted by atomic mass is 10.1. The molecule has 0 aromatic heterocycles. The van der Waals surface area contributed by atoms with Gasteiger partial charge in [0, 0.05) is 26.2 Å². The number of nitrogens with one attached hydrogen (secondary N) is 2. The number of nitrogens with zero attached hydrogens (tertiary/aromatic N) is 1. The standard InChI is InChI=1S/C21H25N3O4/c1-15(23-21(27)28-14-17-7-5-4-6-8-17)20(26)24(3)13-16-9-11-18(12-10-16)19(25)22-2/h4-12,15H,13-14H2,1-3H3,(H,22,25)(H,23,27)/t15-/m0/s1. The summed E-state index contributed by atoms with van der Waals surface area (Å²) >= 11 is 0. The average molecular weight is 383 g/mol. The van der Waals surface area contributed by atoms with Crippen LogP contribution in [0.25, 0.3) is 0 Å². The predicted molar refractivity (Wildman–Crippen MR) is 106 cm³/mol. The summed E-state index contributed by atoms with van der Waals surface area (Å²) in [5, 5.41) is 5.10. The lowest BCUT2D eigenvalue weighted by Gasteiger charge is -2.22. The Morgan fingerprint density at radius 1 is 1.00 bits per heavy atom. The molecule has 0 unspecified atom stereocenters. The first-order valence-electron chi connectivity index (χ1n) is 8.94. The first-order valence-corrected chi connectivity index (χ1v) is 8.94. The molecular weight excluding hydrogens is 358 g/mol. The van der Waals surface area contributed by atoms with E-state index in [-0.39, 0.29) is 18.4 Å². The maximum absolute atomic E-state index is 12.5. The van der Waals surface area contributed by atoms with Crippen LogP contribution in [-0.2, 0) is 22.7 Å². The van der Waals surface area contributed by atoms with Gasteiger partial charge in [-0.05, 0) is 30.2 Å². The van der Waals surface area contributed by atoms with Crippen molar-refractivity contribution >= 4 is 17.9 Å². The van der Waals surface area contributed by atoms with Gasteiger partial charge in [-0.1, -0.05) is 42.5 Å². The van der Waals surface area contributed by atoms with Gasteiger partial charge in [0.05, 0.1) is 0 Å². The molecule has 0 heterocycles. The number of carbonyl (C=O) groups excluding carboxylic acids is 3. The second-order valence-electron chi connectivity index (χ2n) is 6.40. The van der Waals surface area contributed by atoms with Crippen molar-refractivity contribution in [1.29, 1.82) is 0 Å². The fourth-order valence-electron chi connectivity index (χ4n) is 2.59. The maximum atomic E-state index is 12.5. The van der Waals surface area contributed by atoms with E-state index < -0.39 is 12.1 Å². The zero-order valence-electron chi connectivity index (χ0n) is 16.3. The van der Waals surface area contributed by atoms with E-state index in [9.17, 15) is 14.4 Å². The molecule has 0 spiro atoms. The molecule has 0 aliphatic rings. The molecule has 7 heteroatoms. The minimum Gasteiger partial charge on any atom is -0.445 e. The number of hydrogen-bond donors (Lipinski definition) is 2. The van der Waals surface area contributed by atoms with E-state index in [4.69, 9.17) is 4.74 Å². The molecule has 1 atom stereocenters. The zero-order valence-corrected chi connectivity index (χ0v) is 16.3. The molecular formula is C21H25N3O4. The molecule has 0 fully saturated rings. The highest BCUT2D eigenvalue weighted by atomic mass is 16.5. The van der Waals surface area contributed by atoms with Gasteiger partial charge >= 0.3 is 6.09 Å². The van der Waals surface area contributed by atoms with Crippen LogP contribution in [0.5, 0.6) is 0 Å². The summed E-state index contributed by atoms with van der Waals surface area (Å²) in [5.41, 5.74) is 2.30. The third-order valence-electron chi connectivity index (χ3n) is 4.16. The first-order chi connectivity index (χ1) is 13.4. The summed E-state index contributed by atoms with van der Waals surface area (Å²) in [6.07, 6.45) is -0.645. The van der Waals surface area contributed by atoms with E-state index in [0.29, 0.717) is 12.1 Å². The van der Waals surface area contributed by atoms with Crippen molar-refractivity contribution in [3.63, 3.8) is 0 Å². The van der Waals surface area contributed by atoms with Crippen LogP contribution in [-0.4, -0.2) is 42.9 Å². The second kappa shape index (κ2) is 10.1. The third kappa shape index (κ3) is 6.12. The Bertz CT molecular complexity index is 806. The number of alkyl carbamates (subject to hydrolysis) is 1. The van der Waals surface area contributed by atoms with Gasteiger partial charge in [0.1, 0.15) is 12.6 Å². The third-order valence-corrected chi connectivity index (χ3v) is 4.16. The summed E-state index contributed by atoms with van der Waals surface area (Å²) in [6, 6.07) is 15.6. The van der Waals surface area contributed by atoms with Crippen LogP contribution in [0.3, 0.4) is 0 Å². The van der Waals surface area contributed by atoms with Crippen LogP contribution in [0.1, 0.15) is 28.4 Å². The van der Waals surface area contributed by atoms with Gasteiger partial charge in [-0.25, -0.2) is 4.79 Å². The van der Waals surface area contributed by atoms with Gasteiger partial charge in [0.15, 0.2) is 0 Å². The molecule has 2 aromatic rings. The number of hydrogen-bond acceptors (Lipinski definition) is 4.